The molecule has 0 spiro atoms. The maximum Gasteiger partial charge on any atom is 0.417 e. The van der Waals surface area contributed by atoms with E-state index in [1.807, 2.05) is 35.8 Å². The summed E-state index contributed by atoms with van der Waals surface area (Å²) >= 11 is 0. The van der Waals surface area contributed by atoms with Crippen molar-refractivity contribution in [2.45, 2.75) is 32.9 Å². The molecule has 34 heavy (non-hydrogen) atoms. The second-order valence-electron chi connectivity index (χ2n) is 8.42. The van der Waals surface area contributed by atoms with Gasteiger partial charge in [-0.25, -0.2) is 4.98 Å². The highest BCUT2D eigenvalue weighted by Gasteiger charge is 2.31. The molecule has 184 valence electrons. The van der Waals surface area contributed by atoms with Gasteiger partial charge in [0.2, 0.25) is 11.8 Å². The quantitative estimate of drug-likeness (QED) is 0.655. The Labute approximate surface area is 197 Å². The van der Waals surface area contributed by atoms with Gasteiger partial charge in [0, 0.05) is 57.2 Å². The van der Waals surface area contributed by atoms with E-state index in [1.165, 1.54) is 6.07 Å². The van der Waals surface area contributed by atoms with Crippen LogP contribution >= 0.6 is 0 Å². The van der Waals surface area contributed by atoms with E-state index in [9.17, 15) is 22.8 Å². The van der Waals surface area contributed by atoms with E-state index in [0.29, 0.717) is 44.1 Å². The van der Waals surface area contributed by atoms with Gasteiger partial charge >= 0.3 is 6.18 Å². The number of anilines is 3. The van der Waals surface area contributed by atoms with Crippen LogP contribution in [0, 0.1) is 6.92 Å². The van der Waals surface area contributed by atoms with Crippen molar-refractivity contribution in [1.29, 1.82) is 0 Å². The number of pyridine rings is 1. The van der Waals surface area contributed by atoms with Crippen molar-refractivity contribution in [1.82, 2.24) is 9.88 Å². The molecule has 1 saturated heterocycles. The van der Waals surface area contributed by atoms with Gasteiger partial charge < -0.3 is 15.1 Å². The molecular weight excluding hydrogens is 447 g/mol. The summed E-state index contributed by atoms with van der Waals surface area (Å²) in [6.07, 6.45) is -2.34. The van der Waals surface area contributed by atoms with Crippen molar-refractivity contribution in [3.63, 3.8) is 0 Å². The molecule has 0 saturated carbocycles. The van der Waals surface area contributed by atoms with E-state index in [2.05, 4.69) is 10.3 Å². The van der Waals surface area contributed by atoms with Crippen LogP contribution in [0.25, 0.3) is 0 Å². The molecule has 1 aliphatic rings. The number of hydrogen-bond donors (Lipinski definition) is 1. The number of carbonyl (C=O) groups excluding carboxylic acids is 2. The molecule has 1 N–H and O–H groups in total. The van der Waals surface area contributed by atoms with Crippen LogP contribution in [0.3, 0.4) is 0 Å². The van der Waals surface area contributed by atoms with Crippen LogP contribution in [0.1, 0.15) is 30.9 Å². The van der Waals surface area contributed by atoms with E-state index in [4.69, 9.17) is 0 Å². The van der Waals surface area contributed by atoms with Gasteiger partial charge in [0.05, 0.1) is 12.1 Å². The SMILES string of the molecule is CCCC(=O)N(C)c1cc(NC(=O)CN2CCN(c3ccc(C(F)(F)F)cn3)CC2)ccc1C. The highest BCUT2D eigenvalue weighted by atomic mass is 19.4. The zero-order valence-corrected chi connectivity index (χ0v) is 19.7. The predicted octanol–water partition coefficient (Wildman–Crippen LogP) is 3.93. The van der Waals surface area contributed by atoms with Gasteiger partial charge in [0.25, 0.3) is 0 Å². The highest BCUT2D eigenvalue weighted by Crippen LogP contribution is 2.29. The first-order chi connectivity index (χ1) is 16.1. The number of rotatable bonds is 7. The fraction of sp³-hybridized carbons (Fsp3) is 0.458. The van der Waals surface area contributed by atoms with Gasteiger partial charge in [-0.15, -0.1) is 0 Å². The summed E-state index contributed by atoms with van der Waals surface area (Å²) in [4.78, 5) is 34.3. The van der Waals surface area contributed by atoms with Crippen LogP contribution in [0.4, 0.5) is 30.4 Å². The highest BCUT2D eigenvalue weighted by molar-refractivity contribution is 5.96. The third-order valence-corrected chi connectivity index (χ3v) is 5.83. The maximum atomic E-state index is 12.7. The predicted molar refractivity (Wildman–Crippen MR) is 126 cm³/mol. The summed E-state index contributed by atoms with van der Waals surface area (Å²) in [6.45, 7) is 6.36. The molecule has 2 heterocycles. The Bertz CT molecular complexity index is 1000. The minimum atomic E-state index is -4.41. The average molecular weight is 478 g/mol. The standard InChI is InChI=1S/C24H30F3N5O2/c1-4-5-23(34)30(3)20-14-19(8-6-17(20)2)29-22(33)16-31-10-12-32(13-11-31)21-9-7-18(15-28-21)24(25,26)27/h6-9,14-15H,4-5,10-13,16H2,1-3H3,(H,29,33). The molecule has 1 aromatic carbocycles. The molecule has 2 amide bonds. The number of aryl methyl sites for hydroxylation is 1. The van der Waals surface area contributed by atoms with E-state index < -0.39 is 11.7 Å². The minimum absolute atomic E-state index is 0.0227. The second-order valence-corrected chi connectivity index (χ2v) is 8.42. The Morgan fingerprint density at radius 3 is 2.41 bits per heavy atom. The number of hydrogen-bond acceptors (Lipinski definition) is 5. The lowest BCUT2D eigenvalue weighted by atomic mass is 10.1. The number of amides is 2. The van der Waals surface area contributed by atoms with Crippen LogP contribution in [0.2, 0.25) is 0 Å². The van der Waals surface area contributed by atoms with Crippen molar-refractivity contribution in [3.05, 3.63) is 47.7 Å². The molecule has 7 nitrogen and oxygen atoms in total. The summed E-state index contributed by atoms with van der Waals surface area (Å²) in [5.41, 5.74) is 1.55. The molecule has 0 unspecified atom stereocenters. The van der Waals surface area contributed by atoms with Crippen LogP contribution in [0.15, 0.2) is 36.5 Å². The normalized spacial score (nSPS) is 14.7. The molecular formula is C24H30F3N5O2. The van der Waals surface area contributed by atoms with E-state index in [1.54, 1.807) is 18.0 Å². The van der Waals surface area contributed by atoms with E-state index in [-0.39, 0.29) is 18.4 Å². The maximum absolute atomic E-state index is 12.7. The van der Waals surface area contributed by atoms with Crippen LogP contribution in [-0.4, -0.2) is 61.5 Å². The third-order valence-electron chi connectivity index (χ3n) is 5.83. The molecule has 0 aliphatic carbocycles. The van der Waals surface area contributed by atoms with Crippen molar-refractivity contribution in [2.75, 3.05) is 54.9 Å². The molecule has 1 aliphatic heterocycles. The molecule has 1 fully saturated rings. The zero-order chi connectivity index (χ0) is 24.9. The van der Waals surface area contributed by atoms with Crippen molar-refractivity contribution >= 4 is 29.0 Å². The largest absolute Gasteiger partial charge is 0.417 e. The summed E-state index contributed by atoms with van der Waals surface area (Å²) in [5, 5.41) is 2.89. The van der Waals surface area contributed by atoms with E-state index in [0.717, 1.165) is 29.9 Å². The molecule has 10 heteroatoms. The Morgan fingerprint density at radius 2 is 1.82 bits per heavy atom. The lowest BCUT2D eigenvalue weighted by Crippen LogP contribution is -2.48. The average Bonchev–Trinajstić information content (AvgIpc) is 2.80. The monoisotopic (exact) mass is 477 g/mol. The fourth-order valence-electron chi connectivity index (χ4n) is 3.84. The molecule has 3 rings (SSSR count). The second kappa shape index (κ2) is 10.9. The third kappa shape index (κ3) is 6.47. The Hall–Kier alpha value is -3.14. The number of benzene rings is 1. The molecule has 0 bridgehead atoms. The summed E-state index contributed by atoms with van der Waals surface area (Å²) < 4.78 is 38.2. The van der Waals surface area contributed by atoms with Crippen molar-refractivity contribution in [3.8, 4) is 0 Å². The van der Waals surface area contributed by atoms with Crippen LogP contribution < -0.4 is 15.1 Å². The molecule has 0 radical (unpaired) electrons. The zero-order valence-electron chi connectivity index (χ0n) is 19.7. The van der Waals surface area contributed by atoms with Gasteiger partial charge in [-0.2, -0.15) is 13.2 Å². The Balaban J connectivity index is 1.53. The number of alkyl halides is 3. The lowest BCUT2D eigenvalue weighted by Gasteiger charge is -2.35. The summed E-state index contributed by atoms with van der Waals surface area (Å²) in [7, 11) is 1.73. The summed E-state index contributed by atoms with van der Waals surface area (Å²) in [6, 6.07) is 7.89. The number of carbonyl (C=O) groups is 2. The first-order valence-corrected chi connectivity index (χ1v) is 11.3. The number of nitrogens with one attached hydrogen (secondary N) is 1. The first kappa shape index (κ1) is 25.5. The van der Waals surface area contributed by atoms with Crippen molar-refractivity contribution in [2.24, 2.45) is 0 Å². The number of nitrogens with zero attached hydrogens (tertiary/aromatic N) is 4. The smallest absolute Gasteiger partial charge is 0.354 e. The lowest BCUT2D eigenvalue weighted by molar-refractivity contribution is -0.137. The van der Waals surface area contributed by atoms with Gasteiger partial charge in [0.15, 0.2) is 0 Å². The van der Waals surface area contributed by atoms with Gasteiger partial charge in [-0.1, -0.05) is 13.0 Å². The number of aromatic nitrogens is 1. The topological polar surface area (TPSA) is 68.8 Å². The van der Waals surface area contributed by atoms with Gasteiger partial charge in [-0.05, 0) is 43.2 Å². The van der Waals surface area contributed by atoms with Crippen LogP contribution in [-0.2, 0) is 15.8 Å². The molecule has 1 aromatic heterocycles. The Morgan fingerprint density at radius 1 is 1.12 bits per heavy atom. The van der Waals surface area contributed by atoms with Crippen LogP contribution in [0.5, 0.6) is 0 Å². The van der Waals surface area contributed by atoms with Gasteiger partial charge in [0.1, 0.15) is 5.82 Å². The van der Waals surface area contributed by atoms with E-state index >= 15 is 0 Å². The molecule has 2 aromatic rings. The van der Waals surface area contributed by atoms with Crippen molar-refractivity contribution < 1.29 is 22.8 Å². The minimum Gasteiger partial charge on any atom is -0.354 e. The summed E-state index contributed by atoms with van der Waals surface area (Å²) in [5.74, 6) is 0.346. The number of piperazine rings is 1. The Kier molecular flexibility index (Phi) is 8.14. The fourth-order valence-corrected chi connectivity index (χ4v) is 3.84. The van der Waals surface area contributed by atoms with Gasteiger partial charge in [-0.3, -0.25) is 14.5 Å². The first-order valence-electron chi connectivity index (χ1n) is 11.3. The molecule has 0 atom stereocenters. The number of halogens is 3.